The first-order valence-electron chi connectivity index (χ1n) is 10.6. The van der Waals surface area contributed by atoms with Gasteiger partial charge < -0.3 is 15.2 Å². The Kier molecular flexibility index (Phi) is 6.16. The predicted octanol–water partition coefficient (Wildman–Crippen LogP) is 2.02. The second-order valence-corrected chi connectivity index (χ2v) is 9.31. The number of amides is 1. The van der Waals surface area contributed by atoms with Crippen LogP contribution in [0.5, 0.6) is 0 Å². The van der Waals surface area contributed by atoms with Crippen molar-refractivity contribution in [1.82, 2.24) is 9.97 Å². The maximum Gasteiger partial charge on any atom is 0.280 e. The van der Waals surface area contributed by atoms with Gasteiger partial charge in [0.2, 0.25) is 0 Å². The Bertz CT molecular complexity index is 1220. The Hall–Kier alpha value is -3.02. The lowest BCUT2D eigenvalue weighted by molar-refractivity contribution is -0.904. The molecule has 2 atom stereocenters. The van der Waals surface area contributed by atoms with Gasteiger partial charge in [-0.25, -0.2) is 4.98 Å². The smallest absolute Gasteiger partial charge is 0.280 e. The van der Waals surface area contributed by atoms with Crippen molar-refractivity contribution in [3.05, 3.63) is 56.4 Å². The summed E-state index contributed by atoms with van der Waals surface area (Å²) in [6.07, 6.45) is 2.95. The molecule has 0 fully saturated rings. The minimum Gasteiger partial charge on any atom is -0.321 e. The van der Waals surface area contributed by atoms with Crippen LogP contribution in [-0.4, -0.2) is 29.0 Å². The van der Waals surface area contributed by atoms with Crippen LogP contribution in [0.1, 0.15) is 42.1 Å². The van der Waals surface area contributed by atoms with E-state index in [1.54, 1.807) is 6.07 Å². The number of para-hydroxylation sites is 1. The normalized spacial score (nSPS) is 16.5. The zero-order chi connectivity index (χ0) is 22.0. The SMILES string of the molecule is CC[NH+](CC(=O)Nc1sc2c(c1C#N)CC[C@@H](C)C2)Cc1nc2ccccc2c(=O)[nH]1. The highest BCUT2D eigenvalue weighted by Gasteiger charge is 2.25. The Morgan fingerprint density at radius 3 is 3.00 bits per heavy atom. The number of benzene rings is 1. The number of quaternary nitrogens is 1. The number of nitriles is 1. The van der Waals surface area contributed by atoms with Crippen LogP contribution in [0.4, 0.5) is 5.00 Å². The van der Waals surface area contributed by atoms with Gasteiger partial charge in [0, 0.05) is 4.88 Å². The van der Waals surface area contributed by atoms with Gasteiger partial charge in [-0.05, 0) is 49.8 Å². The lowest BCUT2D eigenvalue weighted by Gasteiger charge is -2.17. The minimum absolute atomic E-state index is 0.136. The maximum atomic E-state index is 12.8. The standard InChI is InChI=1S/C23H25N5O2S/c1-3-28(12-20-25-18-7-5-4-6-16(18)22(30)26-20)13-21(29)27-23-17(11-24)15-9-8-14(2)10-19(15)31-23/h4-7,14H,3,8-10,12-13H2,1-2H3,(H,27,29)(H,25,26,30)/p+1/t14-/m1/s1. The van der Waals surface area contributed by atoms with E-state index in [9.17, 15) is 14.9 Å². The van der Waals surface area contributed by atoms with E-state index in [1.807, 2.05) is 25.1 Å². The lowest BCUT2D eigenvalue weighted by atomic mass is 9.89. The quantitative estimate of drug-likeness (QED) is 0.550. The highest BCUT2D eigenvalue weighted by atomic mass is 32.1. The third-order valence-electron chi connectivity index (χ3n) is 5.87. The molecule has 0 aliphatic heterocycles. The molecule has 2 heterocycles. The average Bonchev–Trinajstić information content (AvgIpc) is 3.08. The maximum absolute atomic E-state index is 12.8. The zero-order valence-electron chi connectivity index (χ0n) is 17.7. The number of fused-ring (bicyclic) bond motifs is 2. The molecule has 4 rings (SSSR count). The molecule has 0 spiro atoms. The molecule has 8 heteroatoms. The molecule has 1 amide bonds. The first-order chi connectivity index (χ1) is 15.0. The van der Waals surface area contributed by atoms with Gasteiger partial charge in [0.25, 0.3) is 11.5 Å². The molecule has 2 aromatic heterocycles. The van der Waals surface area contributed by atoms with Crippen LogP contribution < -0.4 is 15.8 Å². The second kappa shape index (κ2) is 9.00. The van der Waals surface area contributed by atoms with Gasteiger partial charge in [-0.2, -0.15) is 5.26 Å². The summed E-state index contributed by atoms with van der Waals surface area (Å²) in [5.41, 5.74) is 2.22. The Morgan fingerprint density at radius 2 is 2.23 bits per heavy atom. The van der Waals surface area contributed by atoms with E-state index in [2.05, 4.69) is 28.3 Å². The van der Waals surface area contributed by atoms with Gasteiger partial charge in [0.15, 0.2) is 12.4 Å². The number of aromatic amines is 1. The van der Waals surface area contributed by atoms with E-state index >= 15 is 0 Å². The number of likely N-dealkylation sites (N-methyl/N-ethyl adjacent to an activating group) is 1. The fourth-order valence-corrected chi connectivity index (χ4v) is 5.50. The van der Waals surface area contributed by atoms with Gasteiger partial charge in [-0.3, -0.25) is 9.59 Å². The number of rotatable bonds is 6. The summed E-state index contributed by atoms with van der Waals surface area (Å²) < 4.78 is 0. The molecular weight excluding hydrogens is 410 g/mol. The van der Waals surface area contributed by atoms with E-state index in [0.717, 1.165) is 29.7 Å². The molecule has 0 saturated heterocycles. The van der Waals surface area contributed by atoms with Gasteiger partial charge in [0.05, 0.1) is 23.0 Å². The summed E-state index contributed by atoms with van der Waals surface area (Å²) in [5, 5.41) is 13.8. The first-order valence-corrected chi connectivity index (χ1v) is 11.5. The van der Waals surface area contributed by atoms with Crippen molar-refractivity contribution in [2.24, 2.45) is 5.92 Å². The van der Waals surface area contributed by atoms with Crippen LogP contribution >= 0.6 is 11.3 Å². The molecule has 1 unspecified atom stereocenters. The molecule has 7 nitrogen and oxygen atoms in total. The van der Waals surface area contributed by atoms with Crippen molar-refractivity contribution in [3.63, 3.8) is 0 Å². The number of hydrogen-bond acceptors (Lipinski definition) is 5. The van der Waals surface area contributed by atoms with Crippen LogP contribution in [0.25, 0.3) is 10.9 Å². The predicted molar refractivity (Wildman–Crippen MR) is 121 cm³/mol. The monoisotopic (exact) mass is 436 g/mol. The van der Waals surface area contributed by atoms with Gasteiger partial charge in [-0.15, -0.1) is 11.3 Å². The highest BCUT2D eigenvalue weighted by Crippen LogP contribution is 2.39. The van der Waals surface area contributed by atoms with Gasteiger partial charge >= 0.3 is 0 Å². The number of H-pyrrole nitrogens is 1. The average molecular weight is 437 g/mol. The number of carbonyl (C=O) groups is 1. The molecule has 3 N–H and O–H groups in total. The number of hydrogen-bond donors (Lipinski definition) is 3. The van der Waals surface area contributed by atoms with Crippen LogP contribution in [0.15, 0.2) is 29.1 Å². The summed E-state index contributed by atoms with van der Waals surface area (Å²) in [6, 6.07) is 9.52. The second-order valence-electron chi connectivity index (χ2n) is 8.20. The molecule has 0 radical (unpaired) electrons. The molecular formula is C23H26N5O2S+. The summed E-state index contributed by atoms with van der Waals surface area (Å²) in [4.78, 5) is 34.7. The van der Waals surface area contributed by atoms with Gasteiger partial charge in [-0.1, -0.05) is 19.1 Å². The third kappa shape index (κ3) is 4.53. The Labute approximate surface area is 184 Å². The van der Waals surface area contributed by atoms with E-state index in [-0.39, 0.29) is 18.0 Å². The van der Waals surface area contributed by atoms with Crippen LogP contribution in [-0.2, 0) is 24.2 Å². The molecule has 1 aliphatic rings. The number of nitrogens with one attached hydrogen (secondary N) is 3. The zero-order valence-corrected chi connectivity index (χ0v) is 18.6. The first kappa shape index (κ1) is 21.2. The molecule has 1 aliphatic carbocycles. The number of nitrogens with zero attached hydrogens (tertiary/aromatic N) is 2. The Morgan fingerprint density at radius 1 is 1.42 bits per heavy atom. The number of carbonyl (C=O) groups excluding carboxylic acids is 1. The van der Waals surface area contributed by atoms with E-state index in [0.29, 0.717) is 46.3 Å². The van der Waals surface area contributed by atoms with Crippen molar-refractivity contribution in [2.75, 3.05) is 18.4 Å². The van der Waals surface area contributed by atoms with Gasteiger partial charge in [0.1, 0.15) is 17.6 Å². The minimum atomic E-state index is -0.169. The summed E-state index contributed by atoms with van der Waals surface area (Å²) in [6.45, 7) is 5.59. The fraction of sp³-hybridized carbons (Fsp3) is 0.391. The number of aromatic nitrogens is 2. The number of anilines is 1. The van der Waals surface area contributed by atoms with Crippen molar-refractivity contribution in [3.8, 4) is 6.07 Å². The molecule has 1 aromatic carbocycles. The molecule has 0 bridgehead atoms. The summed E-state index contributed by atoms with van der Waals surface area (Å²) in [7, 11) is 0. The van der Waals surface area contributed by atoms with Crippen molar-refractivity contribution in [2.45, 2.75) is 39.7 Å². The lowest BCUT2D eigenvalue weighted by Crippen LogP contribution is -3.11. The fourth-order valence-electron chi connectivity index (χ4n) is 4.12. The molecule has 0 saturated carbocycles. The van der Waals surface area contributed by atoms with Crippen LogP contribution in [0.3, 0.4) is 0 Å². The largest absolute Gasteiger partial charge is 0.321 e. The summed E-state index contributed by atoms with van der Waals surface area (Å²) in [5.74, 6) is 1.03. The highest BCUT2D eigenvalue weighted by molar-refractivity contribution is 7.16. The van der Waals surface area contributed by atoms with Crippen LogP contribution in [0, 0.1) is 17.2 Å². The topological polar surface area (TPSA) is 103 Å². The van der Waals surface area contributed by atoms with Crippen molar-refractivity contribution < 1.29 is 9.69 Å². The van der Waals surface area contributed by atoms with E-state index in [1.165, 1.54) is 16.2 Å². The summed E-state index contributed by atoms with van der Waals surface area (Å²) >= 11 is 1.54. The molecule has 160 valence electrons. The van der Waals surface area contributed by atoms with E-state index < -0.39 is 0 Å². The third-order valence-corrected chi connectivity index (χ3v) is 7.04. The van der Waals surface area contributed by atoms with E-state index in [4.69, 9.17) is 0 Å². The molecule has 3 aromatic rings. The van der Waals surface area contributed by atoms with Crippen molar-refractivity contribution in [1.29, 1.82) is 5.26 Å². The van der Waals surface area contributed by atoms with Crippen molar-refractivity contribution >= 4 is 33.1 Å². The number of thiophene rings is 1. The van der Waals surface area contributed by atoms with Crippen LogP contribution in [0.2, 0.25) is 0 Å². The molecule has 31 heavy (non-hydrogen) atoms. The Balaban J connectivity index is 1.47.